The third-order valence-corrected chi connectivity index (χ3v) is 7.81. The van der Waals surface area contributed by atoms with Gasteiger partial charge in [-0.25, -0.2) is 9.18 Å². The van der Waals surface area contributed by atoms with E-state index in [1.165, 1.54) is 17.0 Å². The highest BCUT2D eigenvalue weighted by Crippen LogP contribution is 2.46. The second kappa shape index (κ2) is 8.66. The Morgan fingerprint density at radius 1 is 1.12 bits per heavy atom. The van der Waals surface area contributed by atoms with Crippen molar-refractivity contribution in [1.82, 2.24) is 5.32 Å². The molecule has 32 heavy (non-hydrogen) atoms. The molecule has 166 valence electrons. The lowest BCUT2D eigenvalue weighted by Gasteiger charge is -2.36. The fraction of sp³-hybridized carbons (Fsp3) is 0.385. The molecule has 1 aromatic carbocycles. The van der Waals surface area contributed by atoms with Crippen molar-refractivity contribution in [2.24, 2.45) is 0 Å². The fourth-order valence-corrected chi connectivity index (χ4v) is 6.07. The number of rotatable bonds is 4. The number of ketones is 1. The molecule has 2 heterocycles. The molecule has 1 aromatic heterocycles. The Morgan fingerprint density at radius 2 is 1.88 bits per heavy atom. The predicted molar refractivity (Wildman–Crippen MR) is 122 cm³/mol. The van der Waals surface area contributed by atoms with E-state index in [2.05, 4.69) is 11.4 Å². The van der Waals surface area contributed by atoms with Crippen LogP contribution in [-0.2, 0) is 14.3 Å². The SMILES string of the molecule is CC1=C(C(=O)OC2CCCC2)C(c2ccc(F)cc2)C2=C(CC(c3cccs3)CC2=O)N1. The van der Waals surface area contributed by atoms with Gasteiger partial charge in [-0.2, -0.15) is 0 Å². The summed E-state index contributed by atoms with van der Waals surface area (Å²) in [6.45, 7) is 1.87. The Morgan fingerprint density at radius 3 is 2.56 bits per heavy atom. The van der Waals surface area contributed by atoms with Crippen molar-refractivity contribution in [3.63, 3.8) is 0 Å². The molecule has 4 nitrogen and oxygen atoms in total. The monoisotopic (exact) mass is 451 g/mol. The molecule has 2 aromatic rings. The van der Waals surface area contributed by atoms with Crippen LogP contribution in [0.3, 0.4) is 0 Å². The van der Waals surface area contributed by atoms with Crippen LogP contribution in [0, 0.1) is 5.82 Å². The average Bonchev–Trinajstić information content (AvgIpc) is 3.47. The molecule has 5 rings (SSSR count). The number of esters is 1. The van der Waals surface area contributed by atoms with Gasteiger partial charge in [-0.15, -0.1) is 11.3 Å². The van der Waals surface area contributed by atoms with Crippen molar-refractivity contribution in [2.75, 3.05) is 0 Å². The largest absolute Gasteiger partial charge is 0.459 e. The van der Waals surface area contributed by atoms with E-state index in [0.717, 1.165) is 36.9 Å². The number of benzene rings is 1. The molecule has 1 N–H and O–H groups in total. The number of nitrogens with one attached hydrogen (secondary N) is 1. The summed E-state index contributed by atoms with van der Waals surface area (Å²) < 4.78 is 19.5. The molecule has 2 aliphatic carbocycles. The first kappa shape index (κ1) is 21.1. The van der Waals surface area contributed by atoms with E-state index >= 15 is 0 Å². The van der Waals surface area contributed by atoms with Gasteiger partial charge in [-0.3, -0.25) is 4.79 Å². The maximum atomic E-state index is 13.7. The highest BCUT2D eigenvalue weighted by atomic mass is 32.1. The van der Waals surface area contributed by atoms with Crippen molar-refractivity contribution in [3.8, 4) is 0 Å². The second-order valence-electron chi connectivity index (χ2n) is 8.90. The van der Waals surface area contributed by atoms with Crippen LogP contribution in [0.1, 0.15) is 67.7 Å². The molecular formula is C26H26FNO3S. The average molecular weight is 452 g/mol. The van der Waals surface area contributed by atoms with Gasteiger partial charge in [-0.05, 0) is 68.2 Å². The second-order valence-corrected chi connectivity index (χ2v) is 9.88. The maximum absolute atomic E-state index is 13.7. The van der Waals surface area contributed by atoms with Crippen molar-refractivity contribution >= 4 is 23.1 Å². The summed E-state index contributed by atoms with van der Waals surface area (Å²) in [5.74, 6) is -1.11. The predicted octanol–water partition coefficient (Wildman–Crippen LogP) is 5.73. The van der Waals surface area contributed by atoms with Crippen molar-refractivity contribution in [2.45, 2.75) is 63.4 Å². The third-order valence-electron chi connectivity index (χ3n) is 6.77. The van der Waals surface area contributed by atoms with Gasteiger partial charge in [0.15, 0.2) is 5.78 Å². The minimum Gasteiger partial charge on any atom is -0.459 e. The molecule has 1 saturated carbocycles. The summed E-state index contributed by atoms with van der Waals surface area (Å²) in [5.41, 5.74) is 3.39. The third kappa shape index (κ3) is 3.92. The van der Waals surface area contributed by atoms with Crippen molar-refractivity contribution in [1.29, 1.82) is 0 Å². The molecule has 6 heteroatoms. The van der Waals surface area contributed by atoms with Crippen LogP contribution in [0.25, 0.3) is 0 Å². The number of hydrogen-bond donors (Lipinski definition) is 1. The number of Topliss-reactive ketones (excluding diaryl/α,β-unsaturated/α-hetero) is 1. The molecule has 2 atom stereocenters. The van der Waals surface area contributed by atoms with Gasteiger partial charge in [0.05, 0.1) is 5.57 Å². The topological polar surface area (TPSA) is 55.4 Å². The van der Waals surface area contributed by atoms with E-state index in [1.54, 1.807) is 23.5 Å². The maximum Gasteiger partial charge on any atom is 0.337 e. The Bertz CT molecular complexity index is 1090. The van der Waals surface area contributed by atoms with Gasteiger partial charge >= 0.3 is 5.97 Å². The smallest absolute Gasteiger partial charge is 0.337 e. The van der Waals surface area contributed by atoms with E-state index in [-0.39, 0.29) is 29.6 Å². The van der Waals surface area contributed by atoms with Crippen molar-refractivity contribution < 1.29 is 18.7 Å². The first-order valence-corrected chi connectivity index (χ1v) is 12.1. The van der Waals surface area contributed by atoms with E-state index in [0.29, 0.717) is 29.7 Å². The summed E-state index contributed by atoms with van der Waals surface area (Å²) in [7, 11) is 0. The molecule has 3 aliphatic rings. The summed E-state index contributed by atoms with van der Waals surface area (Å²) in [6.07, 6.45) is 4.92. The van der Waals surface area contributed by atoms with Crippen LogP contribution in [0.4, 0.5) is 4.39 Å². The number of thiophene rings is 1. The van der Waals surface area contributed by atoms with Crippen LogP contribution in [0.2, 0.25) is 0 Å². The highest BCUT2D eigenvalue weighted by Gasteiger charge is 2.42. The number of ether oxygens (including phenoxy) is 1. The van der Waals surface area contributed by atoms with Gasteiger partial charge < -0.3 is 10.1 Å². The lowest BCUT2D eigenvalue weighted by atomic mass is 9.72. The van der Waals surface area contributed by atoms with Crippen LogP contribution in [-0.4, -0.2) is 17.9 Å². The minimum atomic E-state index is -0.544. The zero-order chi connectivity index (χ0) is 22.2. The first-order valence-electron chi connectivity index (χ1n) is 11.2. The highest BCUT2D eigenvalue weighted by molar-refractivity contribution is 7.10. The van der Waals surface area contributed by atoms with E-state index in [9.17, 15) is 14.0 Å². The summed E-state index contributed by atoms with van der Waals surface area (Å²) in [5, 5.41) is 5.41. The van der Waals surface area contributed by atoms with E-state index in [4.69, 9.17) is 4.74 Å². The molecule has 2 unspecified atom stereocenters. The number of hydrogen-bond acceptors (Lipinski definition) is 5. The zero-order valence-corrected chi connectivity index (χ0v) is 18.8. The quantitative estimate of drug-likeness (QED) is 0.603. The number of halogens is 1. The van der Waals surface area contributed by atoms with Gasteiger partial charge in [0.1, 0.15) is 11.9 Å². The molecule has 0 bridgehead atoms. The van der Waals surface area contributed by atoms with Gasteiger partial charge in [-0.1, -0.05) is 18.2 Å². The number of carbonyl (C=O) groups excluding carboxylic acids is 2. The van der Waals surface area contributed by atoms with Gasteiger partial charge in [0.2, 0.25) is 0 Å². The lowest BCUT2D eigenvalue weighted by molar-refractivity contribution is -0.144. The Balaban J connectivity index is 1.54. The number of allylic oxidation sites excluding steroid dienone is 3. The molecule has 1 aliphatic heterocycles. The van der Waals surface area contributed by atoms with Gasteiger partial charge in [0, 0.05) is 40.1 Å². The Hall–Kier alpha value is -2.73. The Labute approximate surface area is 191 Å². The number of carbonyl (C=O) groups is 2. The van der Waals surface area contributed by atoms with Crippen LogP contribution in [0.5, 0.6) is 0 Å². The molecule has 0 saturated heterocycles. The molecule has 0 radical (unpaired) electrons. The van der Waals surface area contributed by atoms with E-state index in [1.807, 2.05) is 18.4 Å². The molecule has 0 spiro atoms. The van der Waals surface area contributed by atoms with Crippen LogP contribution in [0.15, 0.2) is 64.3 Å². The van der Waals surface area contributed by atoms with Gasteiger partial charge in [0.25, 0.3) is 0 Å². The van der Waals surface area contributed by atoms with Crippen LogP contribution >= 0.6 is 11.3 Å². The minimum absolute atomic E-state index is 0.0325. The zero-order valence-electron chi connectivity index (χ0n) is 18.0. The normalized spacial score (nSPS) is 23.9. The van der Waals surface area contributed by atoms with E-state index < -0.39 is 5.92 Å². The molecular weight excluding hydrogens is 425 g/mol. The summed E-state index contributed by atoms with van der Waals surface area (Å²) in [6, 6.07) is 10.2. The molecule has 1 fully saturated rings. The van der Waals surface area contributed by atoms with Crippen LogP contribution < -0.4 is 5.32 Å². The Kier molecular flexibility index (Phi) is 5.72. The summed E-state index contributed by atoms with van der Waals surface area (Å²) in [4.78, 5) is 28.0. The first-order chi connectivity index (χ1) is 15.5. The fourth-order valence-electron chi connectivity index (χ4n) is 5.24. The molecule has 0 amide bonds. The standard InChI is InChI=1S/C26H26FNO3S/c1-15-23(26(30)31-19-5-2-3-6-19)24(16-8-10-18(27)11-9-16)25-20(28-15)13-17(14-21(25)29)22-7-4-12-32-22/h4,7-12,17,19,24,28H,2-3,5-6,13-14H2,1H3. The van der Waals surface area contributed by atoms with Crippen molar-refractivity contribution in [3.05, 3.63) is 80.6 Å². The lowest BCUT2D eigenvalue weighted by Crippen LogP contribution is -2.36. The number of dihydropyridines is 1. The summed E-state index contributed by atoms with van der Waals surface area (Å²) >= 11 is 1.66.